The average molecular weight is 756 g/mol. The van der Waals surface area contributed by atoms with E-state index in [4.69, 9.17) is 0 Å². The minimum absolute atomic E-state index is 0.646. The molecule has 0 aliphatic heterocycles. The predicted octanol–water partition coefficient (Wildman–Crippen LogP) is 5.07. The van der Waals surface area contributed by atoms with Gasteiger partial charge < -0.3 is 20.4 Å². The lowest BCUT2D eigenvalue weighted by atomic mass is 9.87. The van der Waals surface area contributed by atoms with Gasteiger partial charge in [0, 0.05) is 11.1 Å². The van der Waals surface area contributed by atoms with Gasteiger partial charge in [-0.25, -0.2) is 19.2 Å². The summed E-state index contributed by atoms with van der Waals surface area (Å²) in [7, 11) is 0. The molecule has 0 spiro atoms. The van der Waals surface area contributed by atoms with Crippen molar-refractivity contribution in [1.29, 1.82) is 0 Å². The Balaban J connectivity index is 4.61. The van der Waals surface area contributed by atoms with Crippen molar-refractivity contribution >= 4 is 119 Å². The number of aromatic carboxylic acids is 4. The number of hydrogen-bond acceptors (Lipinski definition) is 4. The van der Waals surface area contributed by atoms with E-state index in [9.17, 15) is 39.6 Å². The standard InChI is InChI=1S/C12H4Br6O8/c13-11(14,15)5-1(7(19)20)2(8(21)22)6(12(16,17)18)4(10(25)26)3(5)9(23)24/h(H,19,20)(H,21,22)(H,23,24)(H,25,26). The SMILES string of the molecule is O=C(O)c1c(C(=O)O)c(C(Br)(Br)Br)c(C(=O)O)c(C(=O)O)c1C(Br)(Br)Br. The quantitative estimate of drug-likeness (QED) is 0.312. The molecular weight excluding hydrogens is 752 g/mol. The molecule has 0 radical (unpaired) electrons. The van der Waals surface area contributed by atoms with Crippen molar-refractivity contribution in [3.63, 3.8) is 0 Å². The molecule has 14 heteroatoms. The first-order chi connectivity index (χ1) is 11.5. The normalized spacial score (nSPS) is 11.9. The molecule has 142 valence electrons. The Hall–Kier alpha value is -0.0200. The second-order valence-corrected chi connectivity index (χ2v) is 18.0. The Bertz CT molecular complexity index is 714. The highest BCUT2D eigenvalue weighted by Gasteiger charge is 2.45. The summed E-state index contributed by atoms with van der Waals surface area (Å²) in [6.07, 6.45) is 0. The minimum Gasteiger partial charge on any atom is -0.478 e. The molecule has 4 N–H and O–H groups in total. The monoisotopic (exact) mass is 750 g/mol. The molecule has 0 atom stereocenters. The fourth-order valence-electron chi connectivity index (χ4n) is 2.17. The molecule has 0 bridgehead atoms. The average Bonchev–Trinajstić information content (AvgIpc) is 2.41. The third-order valence-corrected chi connectivity index (χ3v) is 5.30. The molecule has 0 unspecified atom stereocenters. The fraction of sp³-hybridized carbons (Fsp3) is 0.167. The van der Waals surface area contributed by atoms with Gasteiger partial charge in [-0.05, 0) is 0 Å². The van der Waals surface area contributed by atoms with Crippen LogP contribution in [0.4, 0.5) is 0 Å². The zero-order chi connectivity index (χ0) is 20.8. The summed E-state index contributed by atoms with van der Waals surface area (Å²) in [5.41, 5.74) is -5.00. The molecule has 26 heavy (non-hydrogen) atoms. The molecule has 0 aliphatic rings. The molecule has 1 aromatic carbocycles. The fourth-order valence-corrected chi connectivity index (χ4v) is 4.55. The third-order valence-electron chi connectivity index (χ3n) is 2.92. The Labute approximate surface area is 195 Å². The molecule has 0 aliphatic carbocycles. The molecule has 0 aromatic heterocycles. The molecule has 0 amide bonds. The van der Waals surface area contributed by atoms with E-state index in [2.05, 4.69) is 95.6 Å². The maximum atomic E-state index is 11.8. The number of hydrogen-bond donors (Lipinski definition) is 4. The van der Waals surface area contributed by atoms with Gasteiger partial charge in [-0.15, -0.1) is 0 Å². The number of rotatable bonds is 4. The Morgan fingerprint density at radius 2 is 0.654 bits per heavy atom. The van der Waals surface area contributed by atoms with Crippen LogP contribution < -0.4 is 0 Å². The Morgan fingerprint density at radius 3 is 0.731 bits per heavy atom. The second-order valence-electron chi connectivity index (χ2n) is 4.47. The van der Waals surface area contributed by atoms with Crippen LogP contribution in [-0.4, -0.2) is 44.3 Å². The first-order valence-electron chi connectivity index (χ1n) is 5.84. The van der Waals surface area contributed by atoms with Crippen LogP contribution in [-0.2, 0) is 4.29 Å². The molecule has 8 nitrogen and oxygen atoms in total. The van der Waals surface area contributed by atoms with E-state index >= 15 is 0 Å². The van der Waals surface area contributed by atoms with Crippen LogP contribution in [0.3, 0.4) is 0 Å². The van der Waals surface area contributed by atoms with E-state index < -0.39 is 61.5 Å². The van der Waals surface area contributed by atoms with Gasteiger partial charge in [-0.3, -0.25) is 0 Å². The number of carboxylic acid groups (broad SMARTS) is 4. The van der Waals surface area contributed by atoms with Gasteiger partial charge in [0.25, 0.3) is 0 Å². The van der Waals surface area contributed by atoms with Crippen LogP contribution in [0.1, 0.15) is 52.6 Å². The van der Waals surface area contributed by atoms with Gasteiger partial charge in [0.05, 0.1) is 22.3 Å². The van der Waals surface area contributed by atoms with Gasteiger partial charge >= 0.3 is 23.9 Å². The van der Waals surface area contributed by atoms with Crippen LogP contribution in [0.5, 0.6) is 0 Å². The van der Waals surface area contributed by atoms with E-state index in [1.165, 1.54) is 0 Å². The summed E-state index contributed by atoms with van der Waals surface area (Å²) in [6.45, 7) is 0. The highest BCUT2D eigenvalue weighted by atomic mass is 80.0. The third kappa shape index (κ3) is 4.69. The summed E-state index contributed by atoms with van der Waals surface area (Å²) in [6, 6.07) is 0. The van der Waals surface area contributed by atoms with Crippen LogP contribution in [0.15, 0.2) is 0 Å². The van der Waals surface area contributed by atoms with Crippen LogP contribution >= 0.6 is 95.6 Å². The molecule has 1 aromatic rings. The number of carboxylic acids is 4. The lowest BCUT2D eigenvalue weighted by molar-refractivity contribution is 0.0633. The summed E-state index contributed by atoms with van der Waals surface area (Å²) in [5, 5.41) is 38.3. The van der Waals surface area contributed by atoms with E-state index in [0.717, 1.165) is 0 Å². The first kappa shape index (κ1) is 24.0. The first-order valence-corrected chi connectivity index (χ1v) is 10.6. The van der Waals surface area contributed by atoms with E-state index in [-0.39, 0.29) is 0 Å². The summed E-state index contributed by atoms with van der Waals surface area (Å²) in [5.74, 6) is -7.12. The molecule has 0 heterocycles. The number of alkyl halides is 6. The van der Waals surface area contributed by atoms with Crippen molar-refractivity contribution in [2.45, 2.75) is 4.29 Å². The van der Waals surface area contributed by atoms with Crippen molar-refractivity contribution in [2.24, 2.45) is 0 Å². The van der Waals surface area contributed by atoms with E-state index in [1.807, 2.05) is 0 Å². The van der Waals surface area contributed by atoms with Crippen LogP contribution in [0, 0.1) is 0 Å². The number of halogens is 6. The molecular formula is C12H4Br6O8. The molecule has 1 rings (SSSR count). The van der Waals surface area contributed by atoms with Crippen molar-refractivity contribution in [3.8, 4) is 0 Å². The summed E-state index contributed by atoms with van der Waals surface area (Å²) >= 11 is 17.7. The van der Waals surface area contributed by atoms with Crippen molar-refractivity contribution < 1.29 is 39.6 Å². The summed E-state index contributed by atoms with van der Waals surface area (Å²) < 4.78 is -3.48. The van der Waals surface area contributed by atoms with Crippen LogP contribution in [0.2, 0.25) is 0 Å². The maximum Gasteiger partial charge on any atom is 0.337 e. The lowest BCUT2D eigenvalue weighted by Crippen LogP contribution is -2.28. The summed E-state index contributed by atoms with van der Waals surface area (Å²) in [4.78, 5) is 47.3. The Kier molecular flexibility index (Phi) is 7.53. The lowest BCUT2D eigenvalue weighted by Gasteiger charge is -2.27. The number of benzene rings is 1. The van der Waals surface area contributed by atoms with Gasteiger partial charge in [0.1, 0.15) is 0 Å². The Morgan fingerprint density at radius 1 is 0.500 bits per heavy atom. The topological polar surface area (TPSA) is 149 Å². The van der Waals surface area contributed by atoms with E-state index in [1.54, 1.807) is 0 Å². The molecule has 0 fully saturated rings. The van der Waals surface area contributed by atoms with E-state index in [0.29, 0.717) is 0 Å². The predicted molar refractivity (Wildman–Crippen MR) is 111 cm³/mol. The molecule has 0 saturated heterocycles. The maximum absolute atomic E-state index is 11.8. The van der Waals surface area contributed by atoms with Crippen molar-refractivity contribution in [1.82, 2.24) is 0 Å². The number of carbonyl (C=O) groups is 4. The zero-order valence-corrected chi connectivity index (χ0v) is 21.2. The zero-order valence-electron chi connectivity index (χ0n) is 11.7. The highest BCUT2D eigenvalue weighted by molar-refractivity contribution is 9.39. The molecule has 0 saturated carbocycles. The largest absolute Gasteiger partial charge is 0.478 e. The van der Waals surface area contributed by atoms with Gasteiger partial charge in [0.2, 0.25) is 0 Å². The second kappa shape index (κ2) is 8.15. The van der Waals surface area contributed by atoms with Crippen molar-refractivity contribution in [2.75, 3.05) is 0 Å². The minimum atomic E-state index is -1.78. The van der Waals surface area contributed by atoms with Gasteiger partial charge in [-0.2, -0.15) is 0 Å². The van der Waals surface area contributed by atoms with Gasteiger partial charge in [-0.1, -0.05) is 95.6 Å². The van der Waals surface area contributed by atoms with Gasteiger partial charge in [0.15, 0.2) is 4.29 Å². The van der Waals surface area contributed by atoms with Crippen LogP contribution in [0.25, 0.3) is 0 Å². The smallest absolute Gasteiger partial charge is 0.337 e. The highest BCUT2D eigenvalue weighted by Crippen LogP contribution is 2.54. The van der Waals surface area contributed by atoms with Crippen molar-refractivity contribution in [3.05, 3.63) is 33.4 Å².